The van der Waals surface area contributed by atoms with E-state index in [0.717, 1.165) is 21.3 Å². The van der Waals surface area contributed by atoms with Gasteiger partial charge in [-0.05, 0) is 55.0 Å². The Morgan fingerprint density at radius 3 is 2.80 bits per heavy atom. The van der Waals surface area contributed by atoms with Gasteiger partial charge in [0.15, 0.2) is 8.29 Å². The third kappa shape index (κ3) is 4.70. The van der Waals surface area contributed by atoms with Crippen LogP contribution in [0, 0.1) is 10.9 Å². The number of thioether (sulfide) groups is 1. The minimum absolute atomic E-state index is 0.0946. The number of amides is 1. The van der Waals surface area contributed by atoms with Crippen LogP contribution in [-0.4, -0.2) is 21.4 Å². The van der Waals surface area contributed by atoms with Gasteiger partial charge >= 0.3 is 0 Å². The molecule has 0 saturated heterocycles. The van der Waals surface area contributed by atoms with Crippen molar-refractivity contribution in [3.63, 3.8) is 0 Å². The highest BCUT2D eigenvalue weighted by Gasteiger charge is 2.10. The molecule has 128 valence electrons. The number of para-hydroxylation sites is 1. The van der Waals surface area contributed by atoms with E-state index < -0.39 is 0 Å². The number of hydrogen-bond donors (Lipinski definition) is 1. The van der Waals surface area contributed by atoms with E-state index in [0.29, 0.717) is 8.98 Å². The summed E-state index contributed by atoms with van der Waals surface area (Å²) < 4.78 is 3.13. The summed E-state index contributed by atoms with van der Waals surface area (Å²) in [5, 5.41) is 8.02. The molecule has 2 aromatic carbocycles. The predicted octanol–water partition coefficient (Wildman–Crippen LogP) is 5.36. The van der Waals surface area contributed by atoms with Gasteiger partial charge in [-0.1, -0.05) is 52.9 Å². The molecule has 0 spiro atoms. The highest BCUT2D eigenvalue weighted by Crippen LogP contribution is 2.25. The van der Waals surface area contributed by atoms with E-state index >= 15 is 0 Å². The highest BCUT2D eigenvalue weighted by molar-refractivity contribution is 8.01. The number of benzene rings is 2. The normalized spacial score (nSPS) is 10.6. The Morgan fingerprint density at radius 2 is 2.08 bits per heavy atom. The lowest BCUT2D eigenvalue weighted by molar-refractivity contribution is -0.113. The van der Waals surface area contributed by atoms with Crippen LogP contribution in [0.4, 0.5) is 5.69 Å². The summed E-state index contributed by atoms with van der Waals surface area (Å²) in [6.07, 6.45) is 0. The van der Waals surface area contributed by atoms with Crippen LogP contribution < -0.4 is 5.32 Å². The van der Waals surface area contributed by atoms with Crippen LogP contribution >= 0.6 is 46.9 Å². The summed E-state index contributed by atoms with van der Waals surface area (Å²) in [5.41, 5.74) is 2.60. The van der Waals surface area contributed by atoms with Gasteiger partial charge in [-0.15, -0.1) is 5.10 Å². The molecule has 3 rings (SSSR count). The summed E-state index contributed by atoms with van der Waals surface area (Å²) in [5.74, 6) is 0.168. The lowest BCUT2D eigenvalue weighted by Gasteiger charge is -2.07. The Bertz CT molecular complexity index is 953. The summed E-state index contributed by atoms with van der Waals surface area (Å²) in [6.45, 7) is 1.90. The summed E-state index contributed by atoms with van der Waals surface area (Å²) in [6, 6.07) is 15.1. The first-order chi connectivity index (χ1) is 12.0. The first-order valence-corrected chi connectivity index (χ1v) is 9.96. The Kier molecular flexibility index (Phi) is 5.90. The van der Waals surface area contributed by atoms with Crippen LogP contribution in [0.3, 0.4) is 0 Å². The molecule has 25 heavy (non-hydrogen) atoms. The van der Waals surface area contributed by atoms with Gasteiger partial charge in [-0.25, -0.2) is 4.68 Å². The number of halogens is 1. The molecule has 1 heterocycles. The van der Waals surface area contributed by atoms with Crippen LogP contribution in [0.1, 0.15) is 5.56 Å². The van der Waals surface area contributed by atoms with Crippen LogP contribution in [0.5, 0.6) is 0 Å². The molecule has 8 heteroatoms. The van der Waals surface area contributed by atoms with Crippen molar-refractivity contribution >= 4 is 58.5 Å². The van der Waals surface area contributed by atoms with E-state index in [4.69, 9.17) is 23.8 Å². The fourth-order valence-electron chi connectivity index (χ4n) is 2.13. The van der Waals surface area contributed by atoms with Crippen LogP contribution in [0.15, 0.2) is 52.9 Å². The number of hydrogen-bond acceptors (Lipinski definition) is 5. The van der Waals surface area contributed by atoms with E-state index in [-0.39, 0.29) is 11.7 Å². The largest absolute Gasteiger partial charge is 0.325 e. The number of aryl methyl sites for hydroxylation is 1. The zero-order valence-corrected chi connectivity index (χ0v) is 16.4. The Hall–Kier alpha value is -1.67. The molecular formula is C17H14ClN3OS3. The second-order valence-corrected chi connectivity index (χ2v) is 8.46. The quantitative estimate of drug-likeness (QED) is 0.457. The van der Waals surface area contributed by atoms with E-state index in [1.807, 2.05) is 43.3 Å². The molecule has 0 aliphatic heterocycles. The van der Waals surface area contributed by atoms with E-state index in [1.165, 1.54) is 23.1 Å². The molecule has 0 bridgehead atoms. The SMILES string of the molecule is Cc1cc(Cl)ccc1NC(=O)CSc1nn(-c2ccccc2)c(=S)s1. The first-order valence-electron chi connectivity index (χ1n) is 7.37. The second-order valence-electron chi connectivity index (χ2n) is 5.18. The van der Waals surface area contributed by atoms with Gasteiger partial charge in [0.2, 0.25) is 5.91 Å². The number of nitrogens with zero attached hydrogens (tertiary/aromatic N) is 2. The number of aromatic nitrogens is 2. The number of anilines is 1. The molecular weight excluding hydrogens is 394 g/mol. The highest BCUT2D eigenvalue weighted by atomic mass is 35.5. The average Bonchev–Trinajstić information content (AvgIpc) is 2.97. The van der Waals surface area contributed by atoms with Gasteiger partial charge in [-0.2, -0.15) is 0 Å². The Balaban J connectivity index is 1.64. The topological polar surface area (TPSA) is 46.9 Å². The third-order valence-corrected chi connectivity index (χ3v) is 5.92. The molecule has 0 saturated carbocycles. The summed E-state index contributed by atoms with van der Waals surface area (Å²) in [7, 11) is 0. The second kappa shape index (κ2) is 8.14. The number of carbonyl (C=O) groups excluding carboxylic acids is 1. The average molecular weight is 408 g/mol. The van der Waals surface area contributed by atoms with Crippen molar-refractivity contribution < 1.29 is 4.79 Å². The minimum atomic E-state index is -0.0946. The van der Waals surface area contributed by atoms with Crippen LogP contribution in [-0.2, 0) is 4.79 Å². The standard InChI is InChI=1S/C17H14ClN3OS3/c1-11-9-12(18)7-8-14(11)19-15(22)10-24-16-20-21(17(23)25-16)13-5-3-2-4-6-13/h2-9H,10H2,1H3,(H,19,22). The first kappa shape index (κ1) is 18.1. The Morgan fingerprint density at radius 1 is 1.32 bits per heavy atom. The minimum Gasteiger partial charge on any atom is -0.325 e. The van der Waals surface area contributed by atoms with E-state index in [1.54, 1.807) is 16.8 Å². The lowest BCUT2D eigenvalue weighted by atomic mass is 10.2. The van der Waals surface area contributed by atoms with Crippen LogP contribution in [0.2, 0.25) is 5.02 Å². The zero-order valence-electron chi connectivity index (χ0n) is 13.2. The molecule has 4 nitrogen and oxygen atoms in total. The lowest BCUT2D eigenvalue weighted by Crippen LogP contribution is -2.14. The van der Waals surface area contributed by atoms with E-state index in [9.17, 15) is 4.79 Å². The molecule has 1 amide bonds. The predicted molar refractivity (Wildman–Crippen MR) is 108 cm³/mol. The zero-order chi connectivity index (χ0) is 17.8. The van der Waals surface area contributed by atoms with E-state index in [2.05, 4.69) is 10.4 Å². The maximum absolute atomic E-state index is 12.2. The van der Waals surface area contributed by atoms with Crippen molar-refractivity contribution in [1.82, 2.24) is 9.78 Å². The molecule has 0 aliphatic carbocycles. The smallest absolute Gasteiger partial charge is 0.234 e. The van der Waals surface area contributed by atoms with Crippen molar-refractivity contribution in [2.45, 2.75) is 11.3 Å². The van der Waals surface area contributed by atoms with Crippen molar-refractivity contribution in [3.05, 3.63) is 63.1 Å². The van der Waals surface area contributed by atoms with Gasteiger partial charge < -0.3 is 5.32 Å². The van der Waals surface area contributed by atoms with Gasteiger partial charge in [0, 0.05) is 10.7 Å². The third-order valence-electron chi connectivity index (χ3n) is 3.32. The van der Waals surface area contributed by atoms with Gasteiger partial charge in [0.25, 0.3) is 0 Å². The fraction of sp³-hybridized carbons (Fsp3) is 0.118. The molecule has 3 aromatic rings. The van der Waals surface area contributed by atoms with Crippen LogP contribution in [0.25, 0.3) is 5.69 Å². The molecule has 0 atom stereocenters. The van der Waals surface area contributed by atoms with Crippen molar-refractivity contribution in [2.24, 2.45) is 0 Å². The molecule has 0 aliphatic rings. The summed E-state index contributed by atoms with van der Waals surface area (Å²) in [4.78, 5) is 12.2. The van der Waals surface area contributed by atoms with Crippen molar-refractivity contribution in [3.8, 4) is 5.69 Å². The van der Waals surface area contributed by atoms with Crippen molar-refractivity contribution in [2.75, 3.05) is 11.1 Å². The summed E-state index contributed by atoms with van der Waals surface area (Å²) >= 11 is 14.1. The maximum atomic E-state index is 12.2. The maximum Gasteiger partial charge on any atom is 0.234 e. The number of nitrogens with one attached hydrogen (secondary N) is 1. The fourth-order valence-corrected chi connectivity index (χ4v) is 4.52. The molecule has 1 aromatic heterocycles. The van der Waals surface area contributed by atoms with Crippen molar-refractivity contribution in [1.29, 1.82) is 0 Å². The number of rotatable bonds is 5. The van der Waals surface area contributed by atoms with Gasteiger partial charge in [-0.3, -0.25) is 4.79 Å². The molecule has 0 unspecified atom stereocenters. The van der Waals surface area contributed by atoms with Gasteiger partial charge in [0.1, 0.15) is 0 Å². The monoisotopic (exact) mass is 407 g/mol. The molecule has 0 fully saturated rings. The molecule has 0 radical (unpaired) electrons. The van der Waals surface area contributed by atoms with Gasteiger partial charge in [0.05, 0.1) is 11.4 Å². The molecule has 1 N–H and O–H groups in total. The Labute approximate surface area is 163 Å². The number of carbonyl (C=O) groups is 1.